The minimum absolute atomic E-state index is 0.422. The van der Waals surface area contributed by atoms with E-state index in [0.717, 1.165) is 15.9 Å². The maximum absolute atomic E-state index is 5.92. The van der Waals surface area contributed by atoms with Crippen LogP contribution >= 0.6 is 15.9 Å². The highest BCUT2D eigenvalue weighted by Crippen LogP contribution is 2.26. The Kier molecular flexibility index (Phi) is 5.65. The zero-order valence-electron chi connectivity index (χ0n) is 15.5. The smallest absolute Gasteiger partial charge is 0.109 e. The molecule has 0 bridgehead atoms. The Morgan fingerprint density at radius 2 is 1.68 bits per heavy atom. The monoisotopic (exact) mass is 433 g/mol. The largest absolute Gasteiger partial charge is 0.370 e. The Bertz CT molecular complexity index is 1060. The fraction of sp³-hybridized carbons (Fsp3) is 0.130. The first kappa shape index (κ1) is 18.6. The molecule has 0 amide bonds. The Labute approximate surface area is 172 Å². The second-order valence-electron chi connectivity index (χ2n) is 6.58. The highest BCUT2D eigenvalue weighted by molar-refractivity contribution is 9.10. The Hall–Kier alpha value is -2.76. The summed E-state index contributed by atoms with van der Waals surface area (Å²) in [5.41, 5.74) is 6.66. The molecule has 4 rings (SSSR count). The van der Waals surface area contributed by atoms with Crippen LogP contribution in [0.25, 0.3) is 16.8 Å². The third-order valence-electron chi connectivity index (χ3n) is 4.67. The van der Waals surface area contributed by atoms with Crippen LogP contribution in [0.4, 0.5) is 0 Å². The molecule has 4 aromatic rings. The lowest BCUT2D eigenvalue weighted by Crippen LogP contribution is -1.98. The van der Waals surface area contributed by atoms with E-state index in [9.17, 15) is 0 Å². The lowest BCUT2D eigenvalue weighted by Gasteiger charge is -2.11. The van der Waals surface area contributed by atoms with Crippen LogP contribution < -0.4 is 0 Å². The van der Waals surface area contributed by atoms with Crippen LogP contribution in [0, 0.1) is 6.92 Å². The average molecular weight is 434 g/mol. The average Bonchev–Trinajstić information content (AvgIpc) is 3.19. The highest BCUT2D eigenvalue weighted by atomic mass is 79.9. The zero-order valence-corrected chi connectivity index (χ0v) is 17.1. The number of aromatic nitrogens is 3. The first-order chi connectivity index (χ1) is 13.7. The van der Waals surface area contributed by atoms with E-state index < -0.39 is 0 Å². The molecule has 0 saturated carbocycles. The molecule has 0 aliphatic heterocycles. The van der Waals surface area contributed by atoms with E-state index in [4.69, 9.17) is 4.74 Å². The van der Waals surface area contributed by atoms with E-state index in [0.29, 0.717) is 13.2 Å². The third-order valence-corrected chi connectivity index (χ3v) is 5.20. The summed E-state index contributed by atoms with van der Waals surface area (Å²) in [5.74, 6) is 0. The van der Waals surface area contributed by atoms with Crippen molar-refractivity contribution in [3.8, 4) is 16.8 Å². The molecule has 0 N–H and O–H groups in total. The number of hydrogen-bond acceptors (Lipinski definition) is 3. The van der Waals surface area contributed by atoms with E-state index in [1.54, 1.807) is 4.68 Å². The van der Waals surface area contributed by atoms with Crippen molar-refractivity contribution in [2.45, 2.75) is 20.1 Å². The van der Waals surface area contributed by atoms with Gasteiger partial charge in [0.2, 0.25) is 0 Å². The molecule has 4 nitrogen and oxygen atoms in total. The summed E-state index contributed by atoms with van der Waals surface area (Å²) in [6, 6.07) is 24.7. The van der Waals surface area contributed by atoms with Gasteiger partial charge >= 0.3 is 0 Å². The van der Waals surface area contributed by atoms with Crippen LogP contribution in [0.3, 0.4) is 0 Å². The lowest BCUT2D eigenvalue weighted by molar-refractivity contribution is 0.104. The van der Waals surface area contributed by atoms with E-state index in [2.05, 4.69) is 75.6 Å². The van der Waals surface area contributed by atoms with Crippen molar-refractivity contribution in [3.05, 3.63) is 100 Å². The van der Waals surface area contributed by atoms with Gasteiger partial charge in [0.1, 0.15) is 5.69 Å². The van der Waals surface area contributed by atoms with Gasteiger partial charge in [-0.05, 0) is 53.4 Å². The molecule has 140 valence electrons. The fourth-order valence-corrected chi connectivity index (χ4v) is 3.38. The van der Waals surface area contributed by atoms with Crippen molar-refractivity contribution in [2.24, 2.45) is 0 Å². The van der Waals surface area contributed by atoms with Crippen LogP contribution in [0.5, 0.6) is 0 Å². The number of benzene rings is 3. The first-order valence-electron chi connectivity index (χ1n) is 9.09. The lowest BCUT2D eigenvalue weighted by atomic mass is 9.97. The number of halogens is 1. The molecule has 0 spiro atoms. The van der Waals surface area contributed by atoms with E-state index in [1.165, 1.54) is 22.3 Å². The summed E-state index contributed by atoms with van der Waals surface area (Å²) in [7, 11) is 0. The molecule has 3 aromatic carbocycles. The van der Waals surface area contributed by atoms with Crippen LogP contribution in [0.2, 0.25) is 0 Å². The molecular formula is C23H20BrN3O. The second kappa shape index (κ2) is 8.50. The van der Waals surface area contributed by atoms with Gasteiger partial charge in [-0.2, -0.15) is 0 Å². The number of nitrogens with zero attached hydrogens (tertiary/aromatic N) is 3. The predicted octanol–water partition coefficient (Wildman–Crippen LogP) is 5.72. The minimum atomic E-state index is 0.422. The van der Waals surface area contributed by atoms with Crippen LogP contribution in [-0.2, 0) is 18.0 Å². The van der Waals surface area contributed by atoms with Gasteiger partial charge < -0.3 is 4.74 Å². The normalized spacial score (nSPS) is 10.9. The van der Waals surface area contributed by atoms with Crippen molar-refractivity contribution in [3.63, 3.8) is 0 Å². The molecule has 0 aliphatic carbocycles. The summed E-state index contributed by atoms with van der Waals surface area (Å²) < 4.78 is 8.71. The molecule has 1 heterocycles. The van der Waals surface area contributed by atoms with Crippen molar-refractivity contribution in [2.75, 3.05) is 0 Å². The molecule has 0 unspecified atom stereocenters. The van der Waals surface area contributed by atoms with Crippen molar-refractivity contribution < 1.29 is 4.74 Å². The molecule has 28 heavy (non-hydrogen) atoms. The Balaban J connectivity index is 1.41. The maximum Gasteiger partial charge on any atom is 0.109 e. The fourth-order valence-electron chi connectivity index (χ4n) is 3.12. The minimum Gasteiger partial charge on any atom is -0.370 e. The van der Waals surface area contributed by atoms with Crippen LogP contribution in [-0.4, -0.2) is 15.0 Å². The number of rotatable bonds is 6. The molecule has 0 aliphatic rings. The van der Waals surface area contributed by atoms with Gasteiger partial charge in [0.25, 0.3) is 0 Å². The Morgan fingerprint density at radius 1 is 0.893 bits per heavy atom. The van der Waals surface area contributed by atoms with Gasteiger partial charge in [-0.3, -0.25) is 0 Å². The molecular weight excluding hydrogens is 414 g/mol. The topological polar surface area (TPSA) is 39.9 Å². The summed E-state index contributed by atoms with van der Waals surface area (Å²) >= 11 is 3.44. The maximum atomic E-state index is 5.92. The first-order valence-corrected chi connectivity index (χ1v) is 9.89. The third kappa shape index (κ3) is 4.21. The van der Waals surface area contributed by atoms with Gasteiger partial charge in [0.05, 0.1) is 25.1 Å². The van der Waals surface area contributed by atoms with Crippen molar-refractivity contribution >= 4 is 15.9 Å². The highest BCUT2D eigenvalue weighted by Gasteiger charge is 2.08. The van der Waals surface area contributed by atoms with E-state index in [-0.39, 0.29) is 0 Å². The number of ether oxygens (including phenoxy) is 1. The van der Waals surface area contributed by atoms with Crippen LogP contribution in [0.15, 0.2) is 83.5 Å². The van der Waals surface area contributed by atoms with E-state index >= 15 is 0 Å². The summed E-state index contributed by atoms with van der Waals surface area (Å²) in [6.07, 6.45) is 1.90. The van der Waals surface area contributed by atoms with Gasteiger partial charge in [0.15, 0.2) is 0 Å². The summed E-state index contributed by atoms with van der Waals surface area (Å²) in [4.78, 5) is 0. The van der Waals surface area contributed by atoms with Crippen molar-refractivity contribution in [1.82, 2.24) is 15.0 Å². The Morgan fingerprint density at radius 3 is 2.46 bits per heavy atom. The molecule has 0 saturated heterocycles. The molecule has 5 heteroatoms. The van der Waals surface area contributed by atoms with E-state index in [1.807, 2.05) is 36.5 Å². The number of hydrogen-bond donors (Lipinski definition) is 0. The van der Waals surface area contributed by atoms with Crippen molar-refractivity contribution in [1.29, 1.82) is 0 Å². The molecule has 1 aromatic heterocycles. The SMILES string of the molecule is Cc1c(COCc2cn(-c3ccc(Br)cc3)nn2)cccc1-c1ccccc1. The predicted molar refractivity (Wildman–Crippen MR) is 114 cm³/mol. The van der Waals surface area contributed by atoms with Gasteiger partial charge in [-0.25, -0.2) is 4.68 Å². The van der Waals surface area contributed by atoms with Gasteiger partial charge in [-0.1, -0.05) is 69.7 Å². The van der Waals surface area contributed by atoms with Gasteiger partial charge in [-0.15, -0.1) is 5.10 Å². The molecule has 0 atom stereocenters. The molecule has 0 radical (unpaired) electrons. The van der Waals surface area contributed by atoms with Crippen LogP contribution in [0.1, 0.15) is 16.8 Å². The van der Waals surface area contributed by atoms with Gasteiger partial charge in [0, 0.05) is 4.47 Å². The zero-order chi connectivity index (χ0) is 19.3. The second-order valence-corrected chi connectivity index (χ2v) is 7.50. The molecule has 0 fully saturated rings. The standard InChI is InChI=1S/C23H20BrN3O/c1-17-19(8-5-9-23(17)18-6-3-2-4-7-18)15-28-16-21-14-27(26-25-21)22-12-10-20(24)11-13-22/h2-14H,15-16H2,1H3. The summed E-state index contributed by atoms with van der Waals surface area (Å²) in [6.45, 7) is 3.11. The summed E-state index contributed by atoms with van der Waals surface area (Å²) in [5, 5.41) is 8.39. The quantitative estimate of drug-likeness (QED) is 0.390.